The molecule has 0 spiro atoms. The van der Waals surface area contributed by atoms with E-state index in [0.717, 1.165) is 0 Å². The molecule has 0 rings (SSSR count). The third-order valence-corrected chi connectivity index (χ3v) is 0. The zero-order chi connectivity index (χ0) is 3.58. The van der Waals surface area contributed by atoms with Crippen molar-refractivity contribution in [1.82, 2.24) is 0 Å². The summed E-state index contributed by atoms with van der Waals surface area (Å²) >= 11 is 0. The second-order valence-corrected chi connectivity index (χ2v) is 0.908. The summed E-state index contributed by atoms with van der Waals surface area (Å²) < 4.78 is 0. The van der Waals surface area contributed by atoms with Gasteiger partial charge in [0.25, 0.3) is 0 Å². The van der Waals surface area contributed by atoms with E-state index >= 15 is 0 Å². The lowest BCUT2D eigenvalue weighted by Gasteiger charge is -1.56. The number of hydrogen-bond acceptors (Lipinski definition) is 1. The standard InChI is InChI=1S/C3H6O/c1-3(2)4/h1-2H3/i1-1. The van der Waals surface area contributed by atoms with E-state index < -0.39 is 0 Å². The SMILES string of the molecule is CC([11CH3])=O. The summed E-state index contributed by atoms with van der Waals surface area (Å²) in [6, 6.07) is 0. The van der Waals surface area contributed by atoms with Crippen LogP contribution in [0.5, 0.6) is 0 Å². The molecule has 4 heavy (non-hydrogen) atoms. The molecule has 0 fully saturated rings. The smallest absolute Gasteiger partial charge is 0.126 e. The fourth-order valence-electron chi connectivity index (χ4n) is 0. The number of Topliss-reactive ketones (excluding diaryl/α,β-unsaturated/α-hetero) is 1. The molecule has 0 radical (unpaired) electrons. The van der Waals surface area contributed by atoms with Crippen molar-refractivity contribution in [3.8, 4) is 0 Å². The quantitative estimate of drug-likeness (QED) is 0.398. The Morgan fingerprint density at radius 1 is 1.50 bits per heavy atom. The van der Waals surface area contributed by atoms with Gasteiger partial charge in [-0.2, -0.15) is 0 Å². The summed E-state index contributed by atoms with van der Waals surface area (Å²) in [6.07, 6.45) is 0. The van der Waals surface area contributed by atoms with Crippen LogP contribution in [0.25, 0.3) is 0 Å². The largest absolute Gasteiger partial charge is 0.300 e. The van der Waals surface area contributed by atoms with Crippen molar-refractivity contribution >= 4 is 5.78 Å². The number of rotatable bonds is 0. The third-order valence-electron chi connectivity index (χ3n) is 0. The van der Waals surface area contributed by atoms with Gasteiger partial charge in [-0.15, -0.1) is 0 Å². The van der Waals surface area contributed by atoms with Crippen molar-refractivity contribution in [2.24, 2.45) is 0 Å². The molecule has 0 aromatic heterocycles. The molecule has 0 aliphatic heterocycles. The molecule has 0 saturated carbocycles. The first-order chi connectivity index (χ1) is 1.73. The highest BCUT2D eigenvalue weighted by Gasteiger charge is 1.62. The predicted molar refractivity (Wildman–Crippen MR) is 16.4 cm³/mol. The van der Waals surface area contributed by atoms with Crippen molar-refractivity contribution in [3.05, 3.63) is 0 Å². The second kappa shape index (κ2) is 1.04. The molecule has 0 saturated heterocycles. The fourth-order valence-corrected chi connectivity index (χ4v) is 0. The number of carbonyl (C=O) groups is 1. The van der Waals surface area contributed by atoms with Crippen LogP contribution in [0.15, 0.2) is 0 Å². The zero-order valence-corrected chi connectivity index (χ0v) is 2.91. The van der Waals surface area contributed by atoms with Crippen LogP contribution in [0, 0.1) is 0 Å². The van der Waals surface area contributed by atoms with Crippen LogP contribution in [0.3, 0.4) is 0 Å². The van der Waals surface area contributed by atoms with Gasteiger partial charge in [0.2, 0.25) is 0 Å². The van der Waals surface area contributed by atoms with E-state index in [9.17, 15) is 4.79 Å². The van der Waals surface area contributed by atoms with Gasteiger partial charge in [-0.3, -0.25) is 0 Å². The molecule has 0 aromatic rings. The Labute approximate surface area is 25.6 Å². The lowest BCUT2D eigenvalue weighted by atomic mass is 10.2. The minimum Gasteiger partial charge on any atom is -0.300 e. The van der Waals surface area contributed by atoms with Gasteiger partial charge in [0.15, 0.2) is 0 Å². The predicted octanol–water partition coefficient (Wildman–Crippen LogP) is 0.595. The van der Waals surface area contributed by atoms with Crippen molar-refractivity contribution in [2.75, 3.05) is 0 Å². The summed E-state index contributed by atoms with van der Waals surface area (Å²) in [4.78, 5) is 9.44. The van der Waals surface area contributed by atoms with Gasteiger partial charge in [0.1, 0.15) is 5.78 Å². The normalized spacial score (nSPS) is 6.50. The van der Waals surface area contributed by atoms with Gasteiger partial charge in [0.05, 0.1) is 0 Å². The first-order valence-electron chi connectivity index (χ1n) is 1.20. The van der Waals surface area contributed by atoms with E-state index in [1.807, 2.05) is 0 Å². The zero-order valence-electron chi connectivity index (χ0n) is 2.91. The van der Waals surface area contributed by atoms with E-state index in [2.05, 4.69) is 0 Å². The number of carbonyl (C=O) groups excluding carboxylic acids is 1. The minimum atomic E-state index is 0.167. The molecule has 0 aliphatic carbocycles. The van der Waals surface area contributed by atoms with Crippen LogP contribution >= 0.6 is 0 Å². The maximum absolute atomic E-state index is 9.44. The molecule has 0 aliphatic rings. The Morgan fingerprint density at radius 3 is 1.50 bits per heavy atom. The van der Waals surface area contributed by atoms with Crippen molar-refractivity contribution < 1.29 is 4.79 Å². The first kappa shape index (κ1) is 3.67. The molecule has 0 N–H and O–H groups in total. The van der Waals surface area contributed by atoms with Crippen LogP contribution < -0.4 is 0 Å². The van der Waals surface area contributed by atoms with Gasteiger partial charge in [0, 0.05) is 0 Å². The van der Waals surface area contributed by atoms with E-state index in [0.29, 0.717) is 0 Å². The van der Waals surface area contributed by atoms with Gasteiger partial charge >= 0.3 is 0 Å². The highest BCUT2D eigenvalue weighted by molar-refractivity contribution is 5.72. The maximum atomic E-state index is 9.44. The summed E-state index contributed by atoms with van der Waals surface area (Å²) in [7, 11) is 0. The second-order valence-electron chi connectivity index (χ2n) is 0.908. The first-order valence-corrected chi connectivity index (χ1v) is 1.20. The van der Waals surface area contributed by atoms with Crippen LogP contribution in [0.4, 0.5) is 0 Å². The summed E-state index contributed by atoms with van der Waals surface area (Å²) in [6.45, 7) is 3.06. The number of hydrogen-bond donors (Lipinski definition) is 0. The molecule has 0 unspecified atom stereocenters. The highest BCUT2D eigenvalue weighted by atomic mass is 16.1. The summed E-state index contributed by atoms with van der Waals surface area (Å²) in [5, 5.41) is 0. The minimum absolute atomic E-state index is 0.167. The third kappa shape index (κ3) is 6.88. The summed E-state index contributed by atoms with van der Waals surface area (Å²) in [5.74, 6) is 0.167. The Bertz CT molecular complexity index is 26.3. The van der Waals surface area contributed by atoms with E-state index in [1.165, 1.54) is 13.8 Å². The van der Waals surface area contributed by atoms with Gasteiger partial charge < -0.3 is 4.79 Å². The average Bonchev–Trinajstić information content (AvgIpc) is 0.811. The molecule has 0 bridgehead atoms. The molecule has 0 heterocycles. The van der Waals surface area contributed by atoms with Crippen LogP contribution in [0.1, 0.15) is 13.8 Å². The van der Waals surface area contributed by atoms with Crippen LogP contribution in [-0.2, 0) is 4.79 Å². The van der Waals surface area contributed by atoms with E-state index in [1.54, 1.807) is 0 Å². The Morgan fingerprint density at radius 2 is 1.50 bits per heavy atom. The van der Waals surface area contributed by atoms with Gasteiger partial charge in [-0.1, -0.05) is 0 Å². The van der Waals surface area contributed by atoms with Crippen molar-refractivity contribution in [2.45, 2.75) is 13.8 Å². The van der Waals surface area contributed by atoms with Crippen molar-refractivity contribution in [3.63, 3.8) is 0 Å². The Balaban J connectivity index is 2.80. The van der Waals surface area contributed by atoms with E-state index in [-0.39, 0.29) is 5.78 Å². The van der Waals surface area contributed by atoms with Gasteiger partial charge in [-0.05, 0) is 13.8 Å². The molecule has 24 valence electrons. The average molecular weight is 57.1 g/mol. The molecular weight excluding hydrogens is 51.0 g/mol. The lowest BCUT2D eigenvalue weighted by Crippen LogP contribution is -1.69. The Kier molecular flexibility index (Phi) is 0.958. The fraction of sp³-hybridized carbons (Fsp3) is 0.667. The monoisotopic (exact) mass is 57.1 g/mol. The van der Waals surface area contributed by atoms with Crippen molar-refractivity contribution in [1.29, 1.82) is 0 Å². The molecule has 0 aromatic carbocycles. The Hall–Kier alpha value is -0.330. The van der Waals surface area contributed by atoms with E-state index in [4.69, 9.17) is 0 Å². The maximum Gasteiger partial charge on any atom is 0.126 e. The topological polar surface area (TPSA) is 17.1 Å². The lowest BCUT2D eigenvalue weighted by molar-refractivity contribution is -0.114. The molecule has 0 amide bonds. The molecule has 1 nitrogen and oxygen atoms in total. The van der Waals surface area contributed by atoms with Gasteiger partial charge in [-0.25, -0.2) is 0 Å². The summed E-state index contributed by atoms with van der Waals surface area (Å²) in [5.41, 5.74) is 0. The van der Waals surface area contributed by atoms with Crippen LogP contribution in [-0.4, -0.2) is 5.78 Å². The molecule has 0 atom stereocenters. The molecule has 1 heteroatoms. The van der Waals surface area contributed by atoms with Crippen LogP contribution in [0.2, 0.25) is 0 Å². The number of ketones is 1. The molecular formula is C3H6O. The highest BCUT2D eigenvalue weighted by Crippen LogP contribution is 1.50.